The van der Waals surface area contributed by atoms with Crippen LogP contribution >= 0.6 is 11.6 Å². The molecule has 1 aliphatic rings. The van der Waals surface area contributed by atoms with Crippen LogP contribution in [0.25, 0.3) is 0 Å². The van der Waals surface area contributed by atoms with Gasteiger partial charge in [0.1, 0.15) is 0 Å². The molecule has 0 aliphatic carbocycles. The molecule has 2 amide bonds. The average molecular weight is 563 g/mol. The van der Waals surface area contributed by atoms with Gasteiger partial charge in [-0.1, -0.05) is 54.1 Å². The van der Waals surface area contributed by atoms with Crippen molar-refractivity contribution in [2.75, 3.05) is 36.4 Å². The number of carbonyl (C=O) groups is 2. The van der Waals surface area contributed by atoms with Crippen molar-refractivity contribution in [1.29, 1.82) is 0 Å². The van der Waals surface area contributed by atoms with E-state index in [0.29, 0.717) is 43.7 Å². The van der Waals surface area contributed by atoms with Gasteiger partial charge in [0, 0.05) is 48.0 Å². The Balaban J connectivity index is 1.42. The highest BCUT2D eigenvalue weighted by Crippen LogP contribution is 2.27. The van der Waals surface area contributed by atoms with Crippen LogP contribution in [0, 0.1) is 0 Å². The molecule has 4 rings (SSSR count). The first-order chi connectivity index (χ1) is 19.4. The standard InChI is InChI=1S/C32H39ClN4O3/c1-2-35-27-19-25(20-28(21-27)37-17-7-11-31(37)39)32(40)36-29(18-24-8-4-3-5-9-24)30(38)22-34-16-6-10-23-12-14-26(33)15-13-23/h3-5,8-9,12-15,19-21,29-30,34-35,38H,2,6-7,10-11,16-18,22H2,1H3,(H,36,40)/t29-,30+/m0/s1. The number of hydrogen-bond donors (Lipinski definition) is 4. The summed E-state index contributed by atoms with van der Waals surface area (Å²) < 4.78 is 0. The summed E-state index contributed by atoms with van der Waals surface area (Å²) in [6, 6.07) is 22.7. The lowest BCUT2D eigenvalue weighted by Gasteiger charge is -2.25. The topological polar surface area (TPSA) is 93.7 Å². The van der Waals surface area contributed by atoms with Crippen LogP contribution in [-0.4, -0.2) is 55.2 Å². The van der Waals surface area contributed by atoms with Crippen molar-refractivity contribution >= 4 is 34.8 Å². The maximum Gasteiger partial charge on any atom is 0.251 e. The van der Waals surface area contributed by atoms with Gasteiger partial charge in [-0.05, 0) is 80.6 Å². The van der Waals surface area contributed by atoms with E-state index in [0.717, 1.165) is 42.1 Å². The lowest BCUT2D eigenvalue weighted by molar-refractivity contribution is -0.117. The van der Waals surface area contributed by atoms with Crippen LogP contribution in [-0.2, 0) is 17.6 Å². The molecule has 3 aromatic rings. The van der Waals surface area contributed by atoms with Crippen molar-refractivity contribution in [3.8, 4) is 0 Å². The molecule has 0 spiro atoms. The molecule has 1 aliphatic heterocycles. The monoisotopic (exact) mass is 562 g/mol. The fraction of sp³-hybridized carbons (Fsp3) is 0.375. The Kier molecular flexibility index (Phi) is 11.0. The molecule has 1 fully saturated rings. The summed E-state index contributed by atoms with van der Waals surface area (Å²) in [5, 5.41) is 21.6. The quantitative estimate of drug-likeness (QED) is 0.211. The third-order valence-corrected chi connectivity index (χ3v) is 7.36. The Morgan fingerprint density at radius 3 is 2.52 bits per heavy atom. The Labute approximate surface area is 241 Å². The van der Waals surface area contributed by atoms with E-state index in [4.69, 9.17) is 11.6 Å². The molecule has 0 aromatic heterocycles. The first-order valence-corrected chi connectivity index (χ1v) is 14.5. The van der Waals surface area contributed by atoms with E-state index in [1.807, 2.05) is 67.6 Å². The zero-order chi connectivity index (χ0) is 28.3. The molecule has 2 atom stereocenters. The lowest BCUT2D eigenvalue weighted by atomic mass is 10.00. The van der Waals surface area contributed by atoms with Crippen LogP contribution < -0.4 is 20.9 Å². The number of benzene rings is 3. The van der Waals surface area contributed by atoms with Gasteiger partial charge in [-0.15, -0.1) is 0 Å². The van der Waals surface area contributed by atoms with Crippen LogP contribution in [0.2, 0.25) is 5.02 Å². The first-order valence-electron chi connectivity index (χ1n) is 14.1. The van der Waals surface area contributed by atoms with Crippen molar-refractivity contribution in [3.63, 3.8) is 0 Å². The molecule has 7 nitrogen and oxygen atoms in total. The maximum absolute atomic E-state index is 13.5. The van der Waals surface area contributed by atoms with E-state index in [1.54, 1.807) is 17.0 Å². The number of carbonyl (C=O) groups excluding carboxylic acids is 2. The highest BCUT2D eigenvalue weighted by Gasteiger charge is 2.25. The van der Waals surface area contributed by atoms with Crippen LogP contribution in [0.1, 0.15) is 47.7 Å². The summed E-state index contributed by atoms with van der Waals surface area (Å²) in [6.45, 7) is 4.42. The second kappa shape index (κ2) is 14.8. The lowest BCUT2D eigenvalue weighted by Crippen LogP contribution is -2.49. The van der Waals surface area contributed by atoms with E-state index < -0.39 is 12.1 Å². The Bertz CT molecular complexity index is 1250. The minimum absolute atomic E-state index is 0.0690. The predicted molar refractivity (Wildman–Crippen MR) is 162 cm³/mol. The Hall–Kier alpha value is -3.39. The van der Waals surface area contributed by atoms with Crippen molar-refractivity contribution in [2.24, 2.45) is 0 Å². The third kappa shape index (κ3) is 8.55. The molecular weight excluding hydrogens is 524 g/mol. The number of nitrogens with one attached hydrogen (secondary N) is 3. The zero-order valence-electron chi connectivity index (χ0n) is 23.0. The van der Waals surface area contributed by atoms with Crippen LogP contribution in [0.3, 0.4) is 0 Å². The van der Waals surface area contributed by atoms with Gasteiger partial charge in [0.15, 0.2) is 0 Å². The smallest absolute Gasteiger partial charge is 0.251 e. The largest absolute Gasteiger partial charge is 0.390 e. The third-order valence-electron chi connectivity index (χ3n) is 7.11. The van der Waals surface area contributed by atoms with Gasteiger partial charge >= 0.3 is 0 Å². The second-order valence-corrected chi connectivity index (χ2v) is 10.7. The van der Waals surface area contributed by atoms with Gasteiger partial charge in [-0.25, -0.2) is 0 Å². The first kappa shape index (κ1) is 29.6. The maximum atomic E-state index is 13.5. The SMILES string of the molecule is CCNc1cc(C(=O)N[C@@H](Cc2ccccc2)[C@H](O)CNCCCc2ccc(Cl)cc2)cc(N2CCCC2=O)c1. The van der Waals surface area contributed by atoms with Crippen LogP contribution in [0.4, 0.5) is 11.4 Å². The second-order valence-electron chi connectivity index (χ2n) is 10.2. The highest BCUT2D eigenvalue weighted by atomic mass is 35.5. The molecule has 212 valence electrons. The fourth-order valence-electron chi connectivity index (χ4n) is 4.99. The predicted octanol–water partition coefficient (Wildman–Crippen LogP) is 4.82. The number of aliphatic hydroxyl groups is 1. The molecule has 0 saturated carbocycles. The minimum atomic E-state index is -0.795. The number of aryl methyl sites for hydroxylation is 1. The molecule has 0 bridgehead atoms. The number of amides is 2. The summed E-state index contributed by atoms with van der Waals surface area (Å²) in [6.07, 6.45) is 2.85. The highest BCUT2D eigenvalue weighted by molar-refractivity contribution is 6.30. The van der Waals surface area contributed by atoms with Gasteiger partial charge in [0.2, 0.25) is 5.91 Å². The number of nitrogens with zero attached hydrogens (tertiary/aromatic N) is 1. The van der Waals surface area contributed by atoms with Gasteiger partial charge in [0.05, 0.1) is 12.1 Å². The van der Waals surface area contributed by atoms with E-state index in [-0.39, 0.29) is 11.8 Å². The van der Waals surface area contributed by atoms with Crippen molar-refractivity contribution in [3.05, 3.63) is 94.5 Å². The summed E-state index contributed by atoms with van der Waals surface area (Å²) in [5.41, 5.74) is 4.20. The number of rotatable bonds is 14. The normalized spacial score (nSPS) is 14.7. The van der Waals surface area contributed by atoms with Crippen LogP contribution in [0.5, 0.6) is 0 Å². The van der Waals surface area contributed by atoms with Crippen LogP contribution in [0.15, 0.2) is 72.8 Å². The van der Waals surface area contributed by atoms with Gasteiger partial charge in [-0.3, -0.25) is 9.59 Å². The number of aliphatic hydroxyl groups excluding tert-OH is 1. The Morgan fingerprint density at radius 2 is 1.82 bits per heavy atom. The van der Waals surface area contributed by atoms with E-state index in [2.05, 4.69) is 16.0 Å². The molecule has 8 heteroatoms. The molecule has 1 saturated heterocycles. The molecule has 40 heavy (non-hydrogen) atoms. The van der Waals surface area contributed by atoms with E-state index >= 15 is 0 Å². The van der Waals surface area contributed by atoms with Crippen molar-refractivity contribution in [2.45, 2.75) is 51.2 Å². The molecular formula is C32H39ClN4O3. The van der Waals surface area contributed by atoms with Crippen molar-refractivity contribution < 1.29 is 14.7 Å². The summed E-state index contributed by atoms with van der Waals surface area (Å²) in [5.74, 6) is -0.213. The molecule has 1 heterocycles. The summed E-state index contributed by atoms with van der Waals surface area (Å²) in [7, 11) is 0. The number of halogens is 1. The zero-order valence-corrected chi connectivity index (χ0v) is 23.8. The minimum Gasteiger partial charge on any atom is -0.390 e. The summed E-state index contributed by atoms with van der Waals surface area (Å²) >= 11 is 5.97. The number of anilines is 2. The molecule has 0 unspecified atom stereocenters. The van der Waals surface area contributed by atoms with Crippen molar-refractivity contribution in [1.82, 2.24) is 10.6 Å². The fourth-order valence-corrected chi connectivity index (χ4v) is 5.12. The molecule has 4 N–H and O–H groups in total. The van der Waals surface area contributed by atoms with E-state index in [9.17, 15) is 14.7 Å². The molecule has 0 radical (unpaired) electrons. The van der Waals surface area contributed by atoms with Gasteiger partial charge in [0.25, 0.3) is 5.91 Å². The van der Waals surface area contributed by atoms with Gasteiger partial charge in [-0.2, -0.15) is 0 Å². The molecule has 3 aromatic carbocycles. The Morgan fingerprint density at radius 1 is 1.05 bits per heavy atom. The number of hydrogen-bond acceptors (Lipinski definition) is 5. The van der Waals surface area contributed by atoms with E-state index in [1.165, 1.54) is 5.56 Å². The summed E-state index contributed by atoms with van der Waals surface area (Å²) in [4.78, 5) is 27.7. The van der Waals surface area contributed by atoms with Gasteiger partial charge < -0.3 is 26.0 Å². The average Bonchev–Trinajstić information content (AvgIpc) is 3.39.